The highest BCUT2D eigenvalue weighted by Crippen LogP contribution is 2.29. The molecule has 0 atom stereocenters. The lowest BCUT2D eigenvalue weighted by Gasteiger charge is -2.17. The summed E-state index contributed by atoms with van der Waals surface area (Å²) in [5.74, 6) is 0.301. The van der Waals surface area contributed by atoms with Gasteiger partial charge in [-0.3, -0.25) is 9.59 Å². The van der Waals surface area contributed by atoms with Gasteiger partial charge >= 0.3 is 0 Å². The highest BCUT2D eigenvalue weighted by molar-refractivity contribution is 8.00. The molecule has 0 unspecified atom stereocenters. The number of rotatable bonds is 8. The number of thioether (sulfide) groups is 1. The summed E-state index contributed by atoms with van der Waals surface area (Å²) in [7, 11) is 0. The summed E-state index contributed by atoms with van der Waals surface area (Å²) in [6.07, 6.45) is 2.72. The van der Waals surface area contributed by atoms with Crippen molar-refractivity contribution < 1.29 is 9.59 Å². The average molecular weight is 431 g/mol. The molecule has 4 nitrogen and oxygen atoms in total. The number of hydrogen-bond donors (Lipinski definition) is 1. The number of amides is 2. The highest BCUT2D eigenvalue weighted by atomic mass is 32.2. The van der Waals surface area contributed by atoms with Gasteiger partial charge < -0.3 is 10.2 Å². The van der Waals surface area contributed by atoms with Gasteiger partial charge in [-0.2, -0.15) is 0 Å². The number of nitrogens with zero attached hydrogens (tertiary/aromatic N) is 1. The van der Waals surface area contributed by atoms with Crippen LogP contribution in [0, 0.1) is 0 Å². The molecule has 0 bridgehead atoms. The fraction of sp³-hybridized carbons (Fsp3) is 0.231. The van der Waals surface area contributed by atoms with Crippen molar-refractivity contribution in [3.63, 3.8) is 0 Å². The number of aryl methyl sites for hydroxylation is 1. The molecular weight excluding hydrogens is 404 g/mol. The van der Waals surface area contributed by atoms with E-state index in [-0.39, 0.29) is 11.8 Å². The van der Waals surface area contributed by atoms with Crippen LogP contribution >= 0.6 is 11.8 Å². The third kappa shape index (κ3) is 5.36. The number of carbonyl (C=O) groups excluding carboxylic acids is 2. The van der Waals surface area contributed by atoms with Crippen molar-refractivity contribution >= 4 is 29.3 Å². The number of carbonyl (C=O) groups is 2. The van der Waals surface area contributed by atoms with Crippen LogP contribution in [0.5, 0.6) is 0 Å². The maximum atomic E-state index is 12.8. The normalized spacial score (nSPS) is 12.5. The van der Waals surface area contributed by atoms with Crippen LogP contribution in [0.2, 0.25) is 0 Å². The van der Waals surface area contributed by atoms with Gasteiger partial charge in [0.25, 0.3) is 5.91 Å². The van der Waals surface area contributed by atoms with Crippen LogP contribution in [0.15, 0.2) is 83.8 Å². The number of fused-ring (bicyclic) bond motifs is 1. The van der Waals surface area contributed by atoms with E-state index in [1.807, 2.05) is 65.6 Å². The van der Waals surface area contributed by atoms with Gasteiger partial charge in [0.1, 0.15) is 0 Å². The van der Waals surface area contributed by atoms with Crippen LogP contribution in [0.1, 0.15) is 27.9 Å². The van der Waals surface area contributed by atoms with Crippen LogP contribution in [-0.2, 0) is 17.6 Å². The molecule has 0 aromatic heterocycles. The molecular formula is C26H26N2O2S. The Kier molecular flexibility index (Phi) is 7.05. The van der Waals surface area contributed by atoms with Gasteiger partial charge in [0.05, 0.1) is 11.3 Å². The first kappa shape index (κ1) is 21.2. The molecule has 0 aliphatic carbocycles. The minimum atomic E-state index is -0.0878. The van der Waals surface area contributed by atoms with Crippen LogP contribution in [-0.4, -0.2) is 30.7 Å². The van der Waals surface area contributed by atoms with Crippen LogP contribution in [0.4, 0.5) is 5.69 Å². The van der Waals surface area contributed by atoms with E-state index in [9.17, 15) is 9.59 Å². The van der Waals surface area contributed by atoms with Gasteiger partial charge in [-0.1, -0.05) is 60.7 Å². The number of hydrogen-bond acceptors (Lipinski definition) is 3. The number of benzene rings is 3. The van der Waals surface area contributed by atoms with Gasteiger partial charge in [0.15, 0.2) is 0 Å². The summed E-state index contributed by atoms with van der Waals surface area (Å²) in [5, 5.41) is 3.02. The molecule has 3 aromatic carbocycles. The van der Waals surface area contributed by atoms with Crippen molar-refractivity contribution in [2.75, 3.05) is 23.7 Å². The Morgan fingerprint density at radius 3 is 2.52 bits per heavy atom. The van der Waals surface area contributed by atoms with Gasteiger partial charge in [-0.05, 0) is 48.6 Å². The molecule has 0 saturated heterocycles. The second kappa shape index (κ2) is 10.3. The van der Waals surface area contributed by atoms with Crippen LogP contribution in [0.3, 0.4) is 0 Å². The number of anilines is 1. The van der Waals surface area contributed by atoms with Crippen molar-refractivity contribution in [3.8, 4) is 0 Å². The summed E-state index contributed by atoms with van der Waals surface area (Å²) in [6.45, 7) is 1.35. The van der Waals surface area contributed by atoms with Crippen molar-refractivity contribution in [1.82, 2.24) is 5.32 Å². The highest BCUT2D eigenvalue weighted by Gasteiger charge is 2.24. The largest absolute Gasteiger partial charge is 0.352 e. The van der Waals surface area contributed by atoms with Gasteiger partial charge in [-0.15, -0.1) is 11.8 Å². The fourth-order valence-electron chi connectivity index (χ4n) is 3.83. The SMILES string of the molecule is O=C(NCCCc1ccccc1)c1ccccc1SCC(=O)N1CCc2ccccc21. The third-order valence-corrected chi connectivity index (χ3v) is 6.50. The Labute approximate surface area is 187 Å². The molecule has 3 aromatic rings. The Morgan fingerprint density at radius 2 is 1.65 bits per heavy atom. The predicted molar refractivity (Wildman–Crippen MR) is 127 cm³/mol. The molecule has 1 aliphatic heterocycles. The zero-order valence-electron chi connectivity index (χ0n) is 17.4. The van der Waals surface area contributed by atoms with Gasteiger partial charge in [0, 0.05) is 23.7 Å². The molecule has 1 N–H and O–H groups in total. The van der Waals surface area contributed by atoms with Crippen molar-refractivity contribution in [1.29, 1.82) is 0 Å². The van der Waals surface area contributed by atoms with E-state index in [1.54, 1.807) is 0 Å². The fourth-order valence-corrected chi connectivity index (χ4v) is 4.75. The van der Waals surface area contributed by atoms with E-state index in [1.165, 1.54) is 22.9 Å². The zero-order chi connectivity index (χ0) is 21.5. The lowest BCUT2D eigenvalue weighted by molar-refractivity contribution is -0.116. The first-order valence-corrected chi connectivity index (χ1v) is 11.6. The lowest BCUT2D eigenvalue weighted by Crippen LogP contribution is -2.30. The quantitative estimate of drug-likeness (QED) is 0.415. The van der Waals surface area contributed by atoms with Crippen LogP contribution < -0.4 is 10.2 Å². The standard InChI is InChI=1S/C26H26N2O2S/c29-25(28-18-16-21-12-4-6-14-23(21)28)19-31-24-15-7-5-13-22(24)26(30)27-17-8-11-20-9-2-1-3-10-20/h1-7,9-10,12-15H,8,11,16-19H2,(H,27,30). The van der Waals surface area contributed by atoms with Crippen molar-refractivity contribution in [3.05, 3.63) is 95.6 Å². The summed E-state index contributed by atoms with van der Waals surface area (Å²) >= 11 is 1.43. The molecule has 31 heavy (non-hydrogen) atoms. The second-order valence-electron chi connectivity index (χ2n) is 7.55. The minimum Gasteiger partial charge on any atom is -0.352 e. The predicted octanol–water partition coefficient (Wildman–Crippen LogP) is 4.73. The molecule has 2 amide bonds. The average Bonchev–Trinajstić information content (AvgIpc) is 3.25. The van der Waals surface area contributed by atoms with E-state index in [0.717, 1.165) is 36.4 Å². The monoisotopic (exact) mass is 430 g/mol. The Bertz CT molecular complexity index is 1050. The smallest absolute Gasteiger partial charge is 0.252 e. The molecule has 0 spiro atoms. The molecule has 0 saturated carbocycles. The Balaban J connectivity index is 1.31. The van der Waals surface area contributed by atoms with E-state index in [0.29, 0.717) is 17.9 Å². The van der Waals surface area contributed by atoms with E-state index in [2.05, 4.69) is 23.5 Å². The summed E-state index contributed by atoms with van der Waals surface area (Å²) in [6, 6.07) is 25.8. The molecule has 0 fully saturated rings. The second-order valence-corrected chi connectivity index (χ2v) is 8.57. The van der Waals surface area contributed by atoms with Crippen molar-refractivity contribution in [2.45, 2.75) is 24.2 Å². The molecule has 5 heteroatoms. The molecule has 158 valence electrons. The summed E-state index contributed by atoms with van der Waals surface area (Å²) < 4.78 is 0. The maximum absolute atomic E-state index is 12.8. The summed E-state index contributed by atoms with van der Waals surface area (Å²) in [5.41, 5.74) is 4.13. The zero-order valence-corrected chi connectivity index (χ0v) is 18.2. The first-order valence-electron chi connectivity index (χ1n) is 10.6. The topological polar surface area (TPSA) is 49.4 Å². The lowest BCUT2D eigenvalue weighted by atomic mass is 10.1. The Morgan fingerprint density at radius 1 is 0.903 bits per heavy atom. The van der Waals surface area contributed by atoms with Crippen molar-refractivity contribution in [2.24, 2.45) is 0 Å². The number of para-hydroxylation sites is 1. The number of nitrogens with one attached hydrogen (secondary N) is 1. The first-order chi connectivity index (χ1) is 15.2. The maximum Gasteiger partial charge on any atom is 0.252 e. The van der Waals surface area contributed by atoms with Crippen LogP contribution in [0.25, 0.3) is 0 Å². The Hall–Kier alpha value is -3.05. The van der Waals surface area contributed by atoms with Gasteiger partial charge in [0.2, 0.25) is 5.91 Å². The van der Waals surface area contributed by atoms with E-state index >= 15 is 0 Å². The third-order valence-electron chi connectivity index (χ3n) is 5.44. The van der Waals surface area contributed by atoms with E-state index < -0.39 is 0 Å². The molecule has 1 aliphatic rings. The summed E-state index contributed by atoms with van der Waals surface area (Å²) in [4.78, 5) is 28.2. The molecule has 4 rings (SSSR count). The minimum absolute atomic E-state index is 0.0769. The molecule has 0 radical (unpaired) electrons. The van der Waals surface area contributed by atoms with E-state index in [4.69, 9.17) is 0 Å². The van der Waals surface area contributed by atoms with Gasteiger partial charge in [-0.25, -0.2) is 0 Å². The molecule has 1 heterocycles.